The molecule has 102 valence electrons. The molecule has 0 radical (unpaired) electrons. The van der Waals surface area contributed by atoms with Crippen LogP contribution in [0.15, 0.2) is 36.7 Å². The van der Waals surface area contributed by atoms with Crippen LogP contribution in [-0.4, -0.2) is 15.6 Å². The summed E-state index contributed by atoms with van der Waals surface area (Å²) in [5.74, 6) is 1.08. The maximum atomic E-state index is 4.39. The molecule has 0 saturated carbocycles. The first kappa shape index (κ1) is 13.8. The van der Waals surface area contributed by atoms with E-state index in [9.17, 15) is 0 Å². The van der Waals surface area contributed by atoms with Crippen LogP contribution in [0, 0.1) is 6.92 Å². The number of nitrogens with one attached hydrogen (secondary N) is 1. The van der Waals surface area contributed by atoms with E-state index in [2.05, 4.69) is 59.9 Å². The van der Waals surface area contributed by atoms with Crippen molar-refractivity contribution in [3.8, 4) is 0 Å². The van der Waals surface area contributed by atoms with Crippen molar-refractivity contribution >= 4 is 0 Å². The highest BCUT2D eigenvalue weighted by Gasteiger charge is 2.13. The number of hydrogen-bond acceptors (Lipinski definition) is 2. The van der Waals surface area contributed by atoms with Gasteiger partial charge in [-0.3, -0.25) is 0 Å². The Morgan fingerprint density at radius 3 is 2.63 bits per heavy atom. The molecule has 1 aromatic carbocycles. The molecule has 2 rings (SSSR count). The Balaban J connectivity index is 1.97. The van der Waals surface area contributed by atoms with Gasteiger partial charge in [0.1, 0.15) is 5.82 Å². The Morgan fingerprint density at radius 2 is 2.00 bits per heavy atom. The summed E-state index contributed by atoms with van der Waals surface area (Å²) in [5, 5.41) is 3.62. The Labute approximate surface area is 115 Å². The fourth-order valence-corrected chi connectivity index (χ4v) is 2.52. The molecule has 0 amide bonds. The van der Waals surface area contributed by atoms with Gasteiger partial charge in [-0.25, -0.2) is 4.98 Å². The normalized spacial score (nSPS) is 14.3. The van der Waals surface area contributed by atoms with Crippen molar-refractivity contribution in [1.82, 2.24) is 14.9 Å². The Hall–Kier alpha value is -1.61. The maximum Gasteiger partial charge on any atom is 0.125 e. The van der Waals surface area contributed by atoms with Gasteiger partial charge in [-0.05, 0) is 38.3 Å². The van der Waals surface area contributed by atoms with Crippen LogP contribution in [0.1, 0.15) is 36.8 Å². The minimum absolute atomic E-state index is 0.263. The van der Waals surface area contributed by atoms with E-state index in [1.165, 1.54) is 11.1 Å². The van der Waals surface area contributed by atoms with Crippen molar-refractivity contribution in [3.05, 3.63) is 53.6 Å². The van der Waals surface area contributed by atoms with Crippen molar-refractivity contribution in [3.63, 3.8) is 0 Å². The van der Waals surface area contributed by atoms with E-state index in [4.69, 9.17) is 0 Å². The van der Waals surface area contributed by atoms with Crippen molar-refractivity contribution in [2.75, 3.05) is 0 Å². The number of aryl methyl sites for hydroxylation is 2. The zero-order valence-electron chi connectivity index (χ0n) is 12.2. The number of nitrogens with zero attached hydrogens (tertiary/aromatic N) is 2. The third-order valence-electron chi connectivity index (χ3n) is 3.57. The van der Waals surface area contributed by atoms with E-state index in [0.29, 0.717) is 6.04 Å². The lowest BCUT2D eigenvalue weighted by Gasteiger charge is -2.20. The summed E-state index contributed by atoms with van der Waals surface area (Å²) >= 11 is 0. The second-order valence-corrected chi connectivity index (χ2v) is 5.32. The van der Waals surface area contributed by atoms with Crippen molar-refractivity contribution in [1.29, 1.82) is 0 Å². The zero-order chi connectivity index (χ0) is 13.8. The molecular weight excluding hydrogens is 234 g/mol. The second kappa shape index (κ2) is 6.02. The zero-order valence-corrected chi connectivity index (χ0v) is 12.2. The van der Waals surface area contributed by atoms with Gasteiger partial charge >= 0.3 is 0 Å². The first-order valence-corrected chi connectivity index (χ1v) is 6.85. The molecule has 0 aliphatic carbocycles. The summed E-state index contributed by atoms with van der Waals surface area (Å²) in [7, 11) is 2.03. The van der Waals surface area contributed by atoms with Crippen LogP contribution >= 0.6 is 0 Å². The lowest BCUT2D eigenvalue weighted by atomic mass is 10.0. The van der Waals surface area contributed by atoms with Crippen molar-refractivity contribution in [2.45, 2.75) is 39.3 Å². The van der Waals surface area contributed by atoms with Crippen LogP contribution in [0.25, 0.3) is 0 Å². The highest BCUT2D eigenvalue weighted by Crippen LogP contribution is 2.13. The molecule has 2 unspecified atom stereocenters. The molecule has 0 aliphatic heterocycles. The molecule has 0 fully saturated rings. The first-order valence-electron chi connectivity index (χ1n) is 6.85. The van der Waals surface area contributed by atoms with Crippen LogP contribution < -0.4 is 5.32 Å². The van der Waals surface area contributed by atoms with Crippen LogP contribution in [0.4, 0.5) is 0 Å². The molecule has 1 N–H and O–H groups in total. The Bertz CT molecular complexity index is 530. The minimum atomic E-state index is 0.263. The van der Waals surface area contributed by atoms with Gasteiger partial charge in [-0.2, -0.15) is 0 Å². The van der Waals surface area contributed by atoms with Crippen molar-refractivity contribution in [2.24, 2.45) is 7.05 Å². The van der Waals surface area contributed by atoms with Gasteiger partial charge in [0.25, 0.3) is 0 Å². The number of hydrogen-bond donors (Lipinski definition) is 1. The molecule has 0 bridgehead atoms. The lowest BCUT2D eigenvalue weighted by molar-refractivity contribution is 0.453. The van der Waals surface area contributed by atoms with Crippen LogP contribution in [0.2, 0.25) is 0 Å². The molecule has 1 heterocycles. The van der Waals surface area contributed by atoms with Gasteiger partial charge in [-0.1, -0.05) is 24.3 Å². The van der Waals surface area contributed by atoms with Gasteiger partial charge in [0.15, 0.2) is 0 Å². The highest BCUT2D eigenvalue weighted by atomic mass is 15.1. The second-order valence-electron chi connectivity index (χ2n) is 5.32. The van der Waals surface area contributed by atoms with Crippen molar-refractivity contribution < 1.29 is 0 Å². The molecule has 3 heteroatoms. The molecule has 19 heavy (non-hydrogen) atoms. The molecular formula is C16H23N3. The third-order valence-corrected chi connectivity index (χ3v) is 3.57. The predicted octanol–water partition coefficient (Wildman–Crippen LogP) is 3.01. The third kappa shape index (κ3) is 3.44. The number of imidazole rings is 1. The summed E-state index contributed by atoms with van der Waals surface area (Å²) in [4.78, 5) is 4.39. The van der Waals surface area contributed by atoms with Crippen LogP contribution in [0.3, 0.4) is 0 Å². The largest absolute Gasteiger partial charge is 0.337 e. The summed E-state index contributed by atoms with van der Waals surface area (Å²) < 4.78 is 2.07. The van der Waals surface area contributed by atoms with Crippen LogP contribution in [-0.2, 0) is 13.5 Å². The van der Waals surface area contributed by atoms with Crippen LogP contribution in [0.5, 0.6) is 0 Å². The molecule has 3 nitrogen and oxygen atoms in total. The summed E-state index contributed by atoms with van der Waals surface area (Å²) in [6.45, 7) is 6.56. The van der Waals surface area contributed by atoms with E-state index < -0.39 is 0 Å². The summed E-state index contributed by atoms with van der Waals surface area (Å²) in [5.41, 5.74) is 2.77. The maximum absolute atomic E-state index is 4.39. The molecule has 2 aromatic rings. The number of aromatic nitrogens is 2. The molecule has 2 atom stereocenters. The van der Waals surface area contributed by atoms with Gasteiger partial charge in [0.2, 0.25) is 0 Å². The number of rotatable bonds is 5. The molecule has 0 spiro atoms. The average molecular weight is 257 g/mol. The van der Waals surface area contributed by atoms with E-state index in [1.807, 2.05) is 19.4 Å². The minimum Gasteiger partial charge on any atom is -0.337 e. The van der Waals surface area contributed by atoms with Gasteiger partial charge in [0.05, 0.1) is 6.04 Å². The molecule has 1 aromatic heterocycles. The average Bonchev–Trinajstić information content (AvgIpc) is 2.78. The number of benzene rings is 1. The molecule has 0 saturated heterocycles. The monoisotopic (exact) mass is 257 g/mol. The van der Waals surface area contributed by atoms with Gasteiger partial charge < -0.3 is 9.88 Å². The fraction of sp³-hybridized carbons (Fsp3) is 0.438. The topological polar surface area (TPSA) is 29.9 Å². The Morgan fingerprint density at radius 1 is 1.26 bits per heavy atom. The van der Waals surface area contributed by atoms with E-state index in [1.54, 1.807) is 0 Å². The molecule has 0 aliphatic rings. The summed E-state index contributed by atoms with van der Waals surface area (Å²) in [6, 6.07) is 9.26. The highest BCUT2D eigenvalue weighted by molar-refractivity contribution is 5.26. The van der Waals surface area contributed by atoms with E-state index in [-0.39, 0.29) is 6.04 Å². The van der Waals surface area contributed by atoms with E-state index >= 15 is 0 Å². The summed E-state index contributed by atoms with van der Waals surface area (Å²) in [6.07, 6.45) is 4.88. The standard InChI is InChI=1S/C16H23N3/c1-12-7-5-6-8-15(12)11-13(2)18-14(3)16-17-9-10-19(16)4/h5-10,13-14,18H,11H2,1-4H3. The first-order chi connectivity index (χ1) is 9.08. The van der Waals surface area contributed by atoms with Gasteiger partial charge in [-0.15, -0.1) is 0 Å². The lowest BCUT2D eigenvalue weighted by Crippen LogP contribution is -2.32. The Kier molecular flexibility index (Phi) is 4.38. The fourth-order valence-electron chi connectivity index (χ4n) is 2.52. The van der Waals surface area contributed by atoms with Gasteiger partial charge in [0, 0.05) is 25.5 Å². The SMILES string of the molecule is Cc1ccccc1CC(C)NC(C)c1nccn1C. The van der Waals surface area contributed by atoms with E-state index in [0.717, 1.165) is 12.2 Å². The quantitative estimate of drug-likeness (QED) is 0.892. The smallest absolute Gasteiger partial charge is 0.125 e. The predicted molar refractivity (Wildman–Crippen MR) is 79.1 cm³/mol.